The number of phosphoric acid groups is 5. The van der Waals surface area contributed by atoms with E-state index in [0.29, 0.717) is 0 Å². The average molecular weight is 544 g/mol. The Morgan fingerprint density at radius 3 is 0.900 bits per heavy atom. The molecule has 0 saturated carbocycles. The number of nitrogens with zero attached hydrogens (tertiary/aromatic N) is 3. The second-order valence-corrected chi connectivity index (χ2v) is 11.5. The van der Waals surface area contributed by atoms with Crippen molar-refractivity contribution in [3.63, 3.8) is 0 Å². The fourth-order valence-corrected chi connectivity index (χ4v) is 6.40. The predicted octanol–water partition coefficient (Wildman–Crippen LogP) is -1.84. The van der Waals surface area contributed by atoms with Gasteiger partial charge in [0.2, 0.25) is 17.8 Å². The van der Waals surface area contributed by atoms with Crippen molar-refractivity contribution in [2.24, 2.45) is 0 Å². The molecule has 1 aromatic rings. The summed E-state index contributed by atoms with van der Waals surface area (Å²) in [6.45, 7) is 0. The second-order valence-electron chi connectivity index (χ2n) is 4.12. The van der Waals surface area contributed by atoms with Crippen LogP contribution in [-0.2, 0) is 40.1 Å². The van der Waals surface area contributed by atoms with E-state index < -0.39 is 39.1 Å². The Bertz CT molecular complexity index is 883. The molecule has 2 atom stereocenters. The van der Waals surface area contributed by atoms with E-state index in [1.165, 1.54) is 0 Å². The van der Waals surface area contributed by atoms with Crippen molar-refractivity contribution < 1.29 is 74.3 Å². The van der Waals surface area contributed by atoms with Crippen molar-refractivity contribution in [2.75, 3.05) is 17.2 Å². The molecule has 0 fully saturated rings. The molecule has 176 valence electrons. The van der Waals surface area contributed by atoms with E-state index in [0.717, 1.165) is 0 Å². The van der Waals surface area contributed by atoms with Crippen molar-refractivity contribution in [3.05, 3.63) is 0 Å². The molecule has 0 aliphatic carbocycles. The third kappa shape index (κ3) is 15.0. The van der Waals surface area contributed by atoms with Gasteiger partial charge in [0.25, 0.3) is 0 Å². The number of aromatic nitrogens is 3. The summed E-state index contributed by atoms with van der Waals surface area (Å²) in [5, 5.41) is 0. The molecule has 1 heterocycles. The van der Waals surface area contributed by atoms with Crippen LogP contribution in [0.2, 0.25) is 0 Å². The van der Waals surface area contributed by atoms with Gasteiger partial charge in [-0.3, -0.25) is 0 Å². The molecule has 0 amide bonds. The van der Waals surface area contributed by atoms with Gasteiger partial charge in [-0.05, 0) is 0 Å². The van der Waals surface area contributed by atoms with Crippen molar-refractivity contribution in [1.29, 1.82) is 0 Å². The van der Waals surface area contributed by atoms with Crippen LogP contribution >= 0.6 is 39.1 Å². The lowest BCUT2D eigenvalue weighted by Crippen LogP contribution is -2.05. The summed E-state index contributed by atoms with van der Waals surface area (Å²) < 4.78 is 65.6. The minimum Gasteiger partial charge on any atom is -0.368 e. The highest BCUT2D eigenvalue weighted by Crippen LogP contribution is 2.72. The first-order chi connectivity index (χ1) is 13.0. The van der Waals surface area contributed by atoms with Crippen LogP contribution in [0.15, 0.2) is 0 Å². The molecule has 13 N–H and O–H groups in total. The van der Waals surface area contributed by atoms with Crippen LogP contribution in [0.4, 0.5) is 17.8 Å². The minimum absolute atomic E-state index is 0.0417. The zero-order chi connectivity index (χ0) is 24.2. The Hall–Kier alpha value is -0.880. The molecule has 1 rings (SSSR count). The Kier molecular flexibility index (Phi) is 9.86. The lowest BCUT2D eigenvalue weighted by atomic mass is 10.9. The fraction of sp³-hybridized carbons (Fsp3) is 0. The molecule has 0 bridgehead atoms. The lowest BCUT2D eigenvalue weighted by molar-refractivity contribution is 0.188. The molecule has 0 aliphatic heterocycles. The molecule has 2 unspecified atom stereocenters. The Morgan fingerprint density at radius 1 is 0.500 bits per heavy atom. The van der Waals surface area contributed by atoms with Crippen LogP contribution in [-0.4, -0.2) is 49.2 Å². The number of hydrogen-bond acceptors (Lipinski definition) is 15. The van der Waals surface area contributed by atoms with Gasteiger partial charge in [-0.25, -0.2) is 22.8 Å². The van der Waals surface area contributed by atoms with Crippen molar-refractivity contribution in [1.82, 2.24) is 15.0 Å². The highest BCUT2D eigenvalue weighted by molar-refractivity contribution is 7.71. The molecule has 0 aliphatic rings. The summed E-state index contributed by atoms with van der Waals surface area (Å²) >= 11 is 0. The highest BCUT2D eigenvalue weighted by atomic mass is 31.3. The Balaban J connectivity index is 0.000000769. The molecular weight excluding hydrogens is 531 g/mol. The van der Waals surface area contributed by atoms with E-state index >= 15 is 0 Å². The SMILES string of the molecule is Nc1nc(N)nc(N)n1.O=P(O)(O)OP(=O)(O)OP(=O)(O)OP(=O)(O)OP(=O)(O)O. The largest absolute Gasteiger partial charge is 0.490 e. The minimum atomic E-state index is -6.07. The van der Waals surface area contributed by atoms with Gasteiger partial charge in [-0.15, -0.1) is 0 Å². The maximum absolute atomic E-state index is 11.0. The molecule has 0 spiro atoms. The van der Waals surface area contributed by atoms with Gasteiger partial charge in [0.15, 0.2) is 0 Å². The van der Waals surface area contributed by atoms with Gasteiger partial charge in [0.1, 0.15) is 0 Å². The Morgan fingerprint density at radius 2 is 0.700 bits per heavy atom. The van der Waals surface area contributed by atoms with Crippen LogP contribution in [0.25, 0.3) is 0 Å². The van der Waals surface area contributed by atoms with Gasteiger partial charge in [-0.1, -0.05) is 0 Å². The maximum atomic E-state index is 11.0. The van der Waals surface area contributed by atoms with E-state index in [1.54, 1.807) is 0 Å². The van der Waals surface area contributed by atoms with Crippen molar-refractivity contribution in [3.8, 4) is 0 Å². The van der Waals surface area contributed by atoms with Crippen LogP contribution < -0.4 is 17.2 Å². The summed E-state index contributed by atoms with van der Waals surface area (Å²) in [6.07, 6.45) is 0. The normalized spacial score (nSPS) is 18.2. The number of anilines is 3. The van der Waals surface area contributed by atoms with E-state index in [1.807, 2.05) is 0 Å². The molecule has 22 nitrogen and oxygen atoms in total. The molecule has 1 aromatic heterocycles. The molecular formula is C3H13N6O16P5. The van der Waals surface area contributed by atoms with Gasteiger partial charge in [0, 0.05) is 0 Å². The number of hydrogen-bond donors (Lipinski definition) is 10. The third-order valence-electron chi connectivity index (χ3n) is 1.52. The molecule has 27 heteroatoms. The Labute approximate surface area is 164 Å². The average Bonchev–Trinajstić information content (AvgIpc) is 2.26. The number of rotatable bonds is 8. The van der Waals surface area contributed by atoms with Gasteiger partial charge >= 0.3 is 39.1 Å². The maximum Gasteiger partial charge on any atom is 0.490 e. The first kappa shape index (κ1) is 29.1. The monoisotopic (exact) mass is 544 g/mol. The standard InChI is InChI=1S/C3H6N6.H7O16P5/c4-1-7-2(5)9-3(6)8-1;1-17(2,3)13-19(7,8)15-21(11,12)16-20(9,10)14-18(4,5)6/h(H6,4,5,6,7,8,9);(H,7,8)(H,9,10)(H,11,12)(H2,1,2,3)(H2,4,5,6). The lowest BCUT2D eigenvalue weighted by Gasteiger charge is -2.18. The number of nitrogen functional groups attached to an aromatic ring is 3. The van der Waals surface area contributed by atoms with Crippen molar-refractivity contribution in [2.45, 2.75) is 0 Å². The van der Waals surface area contributed by atoms with E-state index in [9.17, 15) is 22.8 Å². The smallest absolute Gasteiger partial charge is 0.368 e. The van der Waals surface area contributed by atoms with Crippen LogP contribution in [0, 0.1) is 0 Å². The fourth-order valence-electron chi connectivity index (χ4n) is 1.00. The zero-order valence-corrected chi connectivity index (χ0v) is 18.1. The molecule has 0 aromatic carbocycles. The van der Waals surface area contributed by atoms with Crippen LogP contribution in [0.5, 0.6) is 0 Å². The summed E-state index contributed by atoms with van der Waals surface area (Å²) in [5.74, 6) is 0.125. The first-order valence-corrected chi connectivity index (χ1v) is 13.5. The second kappa shape index (κ2) is 10.2. The highest BCUT2D eigenvalue weighted by Gasteiger charge is 2.46. The van der Waals surface area contributed by atoms with Crippen LogP contribution in [0.3, 0.4) is 0 Å². The van der Waals surface area contributed by atoms with Gasteiger partial charge in [0.05, 0.1) is 0 Å². The summed E-state index contributed by atoms with van der Waals surface area (Å²) in [7, 11) is -29.3. The predicted molar refractivity (Wildman–Crippen MR) is 91.0 cm³/mol. The van der Waals surface area contributed by atoms with E-state index in [-0.39, 0.29) is 17.8 Å². The third-order valence-corrected chi connectivity index (χ3v) is 8.17. The summed E-state index contributed by atoms with van der Waals surface area (Å²) in [4.78, 5) is 69.2. The molecule has 30 heavy (non-hydrogen) atoms. The zero-order valence-electron chi connectivity index (χ0n) is 13.6. The van der Waals surface area contributed by atoms with Gasteiger partial charge < -0.3 is 51.5 Å². The summed E-state index contributed by atoms with van der Waals surface area (Å²) in [6, 6.07) is 0. The quantitative estimate of drug-likeness (QED) is 0.161. The number of nitrogens with two attached hydrogens (primary N) is 3. The summed E-state index contributed by atoms with van der Waals surface area (Å²) in [5.41, 5.74) is 15.4. The first-order valence-electron chi connectivity index (χ1n) is 5.98. The topological polar surface area (TPSA) is 381 Å². The molecule has 0 radical (unpaired) electrons. The van der Waals surface area contributed by atoms with Crippen molar-refractivity contribution >= 4 is 57.0 Å². The van der Waals surface area contributed by atoms with E-state index in [4.69, 9.17) is 51.5 Å². The van der Waals surface area contributed by atoms with Gasteiger partial charge in [-0.2, -0.15) is 32.2 Å². The molecule has 0 saturated heterocycles. The van der Waals surface area contributed by atoms with E-state index in [2.05, 4.69) is 32.2 Å². The van der Waals surface area contributed by atoms with Crippen LogP contribution in [0.1, 0.15) is 0 Å².